The molecule has 0 saturated heterocycles. The molecule has 1 aromatic heterocycles. The zero-order valence-electron chi connectivity index (χ0n) is 11.3. The molecule has 0 amide bonds. The van der Waals surface area contributed by atoms with Crippen molar-refractivity contribution in [2.75, 3.05) is 4.72 Å². The molecular formula is C14H16ClNO2S2. The van der Waals surface area contributed by atoms with Crippen molar-refractivity contribution in [3.8, 4) is 0 Å². The van der Waals surface area contributed by atoms with Gasteiger partial charge in [-0.3, -0.25) is 4.72 Å². The third-order valence-electron chi connectivity index (χ3n) is 3.16. The van der Waals surface area contributed by atoms with Crippen molar-refractivity contribution in [1.82, 2.24) is 0 Å². The van der Waals surface area contributed by atoms with Gasteiger partial charge in [-0.1, -0.05) is 43.6 Å². The first-order chi connectivity index (χ1) is 9.44. The van der Waals surface area contributed by atoms with Crippen LogP contribution in [0.2, 0.25) is 4.34 Å². The third-order valence-corrected chi connectivity index (χ3v) is 6.25. The molecule has 1 aromatic carbocycles. The molecule has 20 heavy (non-hydrogen) atoms. The molecular weight excluding hydrogens is 314 g/mol. The predicted octanol–water partition coefficient (Wildman–Crippen LogP) is 4.72. The lowest BCUT2D eigenvalue weighted by atomic mass is 9.97. The van der Waals surface area contributed by atoms with Crippen molar-refractivity contribution in [3.63, 3.8) is 0 Å². The second-order valence-corrected chi connectivity index (χ2v) is 8.18. The van der Waals surface area contributed by atoms with Crippen LogP contribution in [0, 0.1) is 0 Å². The first-order valence-corrected chi connectivity index (χ1v) is 8.99. The summed E-state index contributed by atoms with van der Waals surface area (Å²) in [6.45, 7) is 4.16. The van der Waals surface area contributed by atoms with Gasteiger partial charge in [0.25, 0.3) is 10.0 Å². The van der Waals surface area contributed by atoms with Gasteiger partial charge in [0.15, 0.2) is 0 Å². The van der Waals surface area contributed by atoms with Gasteiger partial charge in [0.2, 0.25) is 0 Å². The summed E-state index contributed by atoms with van der Waals surface area (Å²) in [6, 6.07) is 10.6. The van der Waals surface area contributed by atoms with Crippen LogP contribution >= 0.6 is 22.9 Å². The quantitative estimate of drug-likeness (QED) is 0.863. The molecule has 0 unspecified atom stereocenters. The van der Waals surface area contributed by atoms with Crippen LogP contribution in [-0.4, -0.2) is 8.42 Å². The van der Waals surface area contributed by atoms with Gasteiger partial charge < -0.3 is 0 Å². The summed E-state index contributed by atoms with van der Waals surface area (Å²) < 4.78 is 28.0. The fraction of sp³-hybridized carbons (Fsp3) is 0.286. The summed E-state index contributed by atoms with van der Waals surface area (Å²) >= 11 is 6.85. The molecule has 2 rings (SSSR count). The predicted molar refractivity (Wildman–Crippen MR) is 85.3 cm³/mol. The number of para-hydroxylation sites is 1. The van der Waals surface area contributed by atoms with Crippen molar-refractivity contribution in [3.05, 3.63) is 46.3 Å². The van der Waals surface area contributed by atoms with Crippen molar-refractivity contribution >= 4 is 38.6 Å². The maximum atomic E-state index is 12.3. The normalized spacial score (nSPS) is 13.2. The van der Waals surface area contributed by atoms with Crippen molar-refractivity contribution in [1.29, 1.82) is 0 Å². The first kappa shape index (κ1) is 15.4. The zero-order valence-corrected chi connectivity index (χ0v) is 13.6. The molecule has 6 heteroatoms. The van der Waals surface area contributed by atoms with Crippen LogP contribution in [0.1, 0.15) is 31.7 Å². The lowest BCUT2D eigenvalue weighted by molar-refractivity contribution is 0.603. The number of sulfonamides is 1. The van der Waals surface area contributed by atoms with E-state index in [1.807, 2.05) is 18.2 Å². The molecule has 1 heterocycles. The fourth-order valence-corrected chi connectivity index (χ4v) is 4.45. The second kappa shape index (κ2) is 6.16. The van der Waals surface area contributed by atoms with Gasteiger partial charge in [0.1, 0.15) is 4.21 Å². The van der Waals surface area contributed by atoms with Gasteiger partial charge >= 0.3 is 0 Å². The number of hydrogen-bond donors (Lipinski definition) is 1. The Labute approximate surface area is 128 Å². The minimum Gasteiger partial charge on any atom is -0.279 e. The first-order valence-electron chi connectivity index (χ1n) is 6.31. The van der Waals surface area contributed by atoms with Crippen LogP contribution < -0.4 is 4.72 Å². The van der Waals surface area contributed by atoms with Gasteiger partial charge in [-0.2, -0.15) is 0 Å². The van der Waals surface area contributed by atoms with Crippen LogP contribution in [-0.2, 0) is 10.0 Å². The highest BCUT2D eigenvalue weighted by atomic mass is 35.5. The zero-order chi connectivity index (χ0) is 14.8. The maximum Gasteiger partial charge on any atom is 0.271 e. The van der Waals surface area contributed by atoms with E-state index < -0.39 is 10.0 Å². The van der Waals surface area contributed by atoms with E-state index in [9.17, 15) is 8.42 Å². The van der Waals surface area contributed by atoms with Gasteiger partial charge in [-0.05, 0) is 36.1 Å². The number of benzene rings is 1. The molecule has 0 fully saturated rings. The van der Waals surface area contributed by atoms with Gasteiger partial charge in [-0.15, -0.1) is 11.3 Å². The van der Waals surface area contributed by atoms with Crippen molar-refractivity contribution in [2.45, 2.75) is 30.4 Å². The Balaban J connectivity index is 2.35. The molecule has 3 nitrogen and oxygen atoms in total. The van der Waals surface area contributed by atoms with Crippen molar-refractivity contribution in [2.24, 2.45) is 0 Å². The van der Waals surface area contributed by atoms with Crippen molar-refractivity contribution < 1.29 is 8.42 Å². The Morgan fingerprint density at radius 1 is 1.25 bits per heavy atom. The summed E-state index contributed by atoms with van der Waals surface area (Å²) in [6.07, 6.45) is 0.948. The number of hydrogen-bond acceptors (Lipinski definition) is 3. The molecule has 0 radical (unpaired) electrons. The molecule has 1 atom stereocenters. The van der Waals surface area contributed by atoms with Gasteiger partial charge in [0, 0.05) is 0 Å². The maximum absolute atomic E-state index is 12.3. The molecule has 0 aliphatic rings. The van der Waals surface area contributed by atoms with E-state index in [4.69, 9.17) is 11.6 Å². The molecule has 0 spiro atoms. The monoisotopic (exact) mass is 329 g/mol. The average Bonchev–Trinajstić information content (AvgIpc) is 2.86. The molecule has 2 aromatic rings. The highest BCUT2D eigenvalue weighted by Crippen LogP contribution is 2.31. The standard InChI is InChI=1S/C14H16ClNO2S2/c1-3-10(2)11-6-4-5-7-12(11)16-20(17,18)14-9-8-13(15)19-14/h4-10,16H,3H2,1-2H3/t10-/m1/s1. The molecule has 0 bridgehead atoms. The van der Waals surface area contributed by atoms with Crippen LogP contribution in [0.15, 0.2) is 40.6 Å². The van der Waals surface area contributed by atoms with Crippen LogP contribution in [0.3, 0.4) is 0 Å². The van der Waals surface area contributed by atoms with Crippen LogP contribution in [0.4, 0.5) is 5.69 Å². The summed E-state index contributed by atoms with van der Waals surface area (Å²) in [5.74, 6) is 0.292. The van der Waals surface area contributed by atoms with E-state index in [0.29, 0.717) is 15.9 Å². The number of rotatable bonds is 5. The second-order valence-electron chi connectivity index (χ2n) is 4.56. The number of anilines is 1. The highest BCUT2D eigenvalue weighted by molar-refractivity contribution is 7.94. The average molecular weight is 330 g/mol. The minimum atomic E-state index is -3.57. The molecule has 108 valence electrons. The van der Waals surface area contributed by atoms with Crippen LogP contribution in [0.25, 0.3) is 0 Å². The smallest absolute Gasteiger partial charge is 0.271 e. The molecule has 0 aliphatic heterocycles. The van der Waals surface area contributed by atoms with E-state index >= 15 is 0 Å². The van der Waals surface area contributed by atoms with Gasteiger partial charge in [-0.25, -0.2) is 8.42 Å². The Morgan fingerprint density at radius 3 is 2.55 bits per heavy atom. The Kier molecular flexibility index (Phi) is 4.73. The number of thiophene rings is 1. The summed E-state index contributed by atoms with van der Waals surface area (Å²) in [5.41, 5.74) is 1.63. The van der Waals surface area contributed by atoms with Crippen LogP contribution in [0.5, 0.6) is 0 Å². The minimum absolute atomic E-state index is 0.224. The van der Waals surface area contributed by atoms with E-state index in [-0.39, 0.29) is 4.21 Å². The summed E-state index contributed by atoms with van der Waals surface area (Å²) in [7, 11) is -3.57. The fourth-order valence-electron chi connectivity index (χ4n) is 1.88. The topological polar surface area (TPSA) is 46.2 Å². The Hall–Kier alpha value is -1.04. The lowest BCUT2D eigenvalue weighted by Gasteiger charge is -2.15. The number of nitrogens with one attached hydrogen (secondary N) is 1. The van der Waals surface area contributed by atoms with E-state index in [1.54, 1.807) is 12.1 Å². The van der Waals surface area contributed by atoms with E-state index in [0.717, 1.165) is 23.3 Å². The Bertz CT molecular complexity index is 695. The molecule has 0 saturated carbocycles. The summed E-state index contributed by atoms with van der Waals surface area (Å²) in [5, 5.41) is 0. The SMILES string of the molecule is CC[C@@H](C)c1ccccc1NS(=O)(=O)c1ccc(Cl)s1. The highest BCUT2D eigenvalue weighted by Gasteiger charge is 2.19. The molecule has 0 aliphatic carbocycles. The van der Waals surface area contributed by atoms with E-state index in [1.165, 1.54) is 6.07 Å². The third kappa shape index (κ3) is 3.34. The Morgan fingerprint density at radius 2 is 1.95 bits per heavy atom. The number of halogens is 1. The van der Waals surface area contributed by atoms with E-state index in [2.05, 4.69) is 18.6 Å². The van der Waals surface area contributed by atoms with Gasteiger partial charge in [0.05, 0.1) is 10.0 Å². The lowest BCUT2D eigenvalue weighted by Crippen LogP contribution is -2.13. The molecule has 1 N–H and O–H groups in total. The summed E-state index contributed by atoms with van der Waals surface area (Å²) in [4.78, 5) is 0. The largest absolute Gasteiger partial charge is 0.279 e.